The largest absolute Gasteiger partial charge is 0.497 e. The summed E-state index contributed by atoms with van der Waals surface area (Å²) in [6.45, 7) is 8.67. The summed E-state index contributed by atoms with van der Waals surface area (Å²) < 4.78 is 11.9. The number of ether oxygens (including phenoxy) is 2. The van der Waals surface area contributed by atoms with Crippen molar-refractivity contribution >= 4 is 5.91 Å². The fourth-order valence-electron chi connectivity index (χ4n) is 4.82. The lowest BCUT2D eigenvalue weighted by atomic mass is 9.95. The van der Waals surface area contributed by atoms with Gasteiger partial charge in [-0.3, -0.25) is 9.69 Å². The van der Waals surface area contributed by atoms with Crippen LogP contribution in [0.15, 0.2) is 78.9 Å². The van der Waals surface area contributed by atoms with Crippen LogP contribution < -0.4 is 4.74 Å². The van der Waals surface area contributed by atoms with E-state index < -0.39 is 0 Å². The van der Waals surface area contributed by atoms with Gasteiger partial charge >= 0.3 is 0 Å². The molecule has 0 unspecified atom stereocenters. The summed E-state index contributed by atoms with van der Waals surface area (Å²) in [5, 5.41) is 0. The van der Waals surface area contributed by atoms with Gasteiger partial charge in [-0.05, 0) is 42.2 Å². The van der Waals surface area contributed by atoms with Gasteiger partial charge in [0.05, 0.1) is 25.7 Å². The Morgan fingerprint density at radius 1 is 0.889 bits per heavy atom. The van der Waals surface area contributed by atoms with Crippen molar-refractivity contribution in [2.24, 2.45) is 0 Å². The summed E-state index contributed by atoms with van der Waals surface area (Å²) in [4.78, 5) is 17.7. The van der Waals surface area contributed by atoms with Crippen molar-refractivity contribution < 1.29 is 14.3 Å². The molecule has 0 aliphatic carbocycles. The number of hydrogen-bond acceptors (Lipinski definition) is 4. The maximum Gasteiger partial charge on any atom is 0.230 e. The number of benzene rings is 3. The van der Waals surface area contributed by atoms with Crippen LogP contribution in [0.2, 0.25) is 0 Å². The number of nitrogens with zero attached hydrogens (tertiary/aromatic N) is 2. The molecular formula is C31H38N2O3. The molecule has 4 rings (SSSR count). The second-order valence-electron chi connectivity index (χ2n) is 9.56. The van der Waals surface area contributed by atoms with Gasteiger partial charge in [-0.1, -0.05) is 79.2 Å². The lowest BCUT2D eigenvalue weighted by Crippen LogP contribution is -2.50. The third-order valence-electron chi connectivity index (χ3n) is 7.05. The fraction of sp³-hybridized carbons (Fsp3) is 0.387. The van der Waals surface area contributed by atoms with Gasteiger partial charge in [0.15, 0.2) is 0 Å². The zero-order valence-corrected chi connectivity index (χ0v) is 21.7. The lowest BCUT2D eigenvalue weighted by molar-refractivity contribution is -0.135. The van der Waals surface area contributed by atoms with E-state index in [1.807, 2.05) is 35.2 Å². The maximum absolute atomic E-state index is 13.3. The first-order chi connectivity index (χ1) is 17.6. The van der Waals surface area contributed by atoms with Gasteiger partial charge in [-0.15, -0.1) is 0 Å². The van der Waals surface area contributed by atoms with Crippen molar-refractivity contribution in [3.63, 3.8) is 0 Å². The Bertz CT molecular complexity index is 1090. The minimum absolute atomic E-state index is 0.0693. The molecular weight excluding hydrogens is 448 g/mol. The number of rotatable bonds is 10. The third-order valence-corrected chi connectivity index (χ3v) is 7.05. The number of aryl methyl sites for hydroxylation is 1. The molecule has 3 aromatic carbocycles. The smallest absolute Gasteiger partial charge is 0.230 e. The molecule has 0 spiro atoms. The molecule has 3 aromatic rings. The number of carbonyl (C=O) groups is 1. The Hall–Kier alpha value is -3.15. The summed E-state index contributed by atoms with van der Waals surface area (Å²) in [5.41, 5.74) is 4.62. The zero-order chi connectivity index (χ0) is 25.3. The average molecular weight is 487 g/mol. The Labute approximate surface area is 215 Å². The van der Waals surface area contributed by atoms with E-state index in [1.165, 1.54) is 5.56 Å². The second kappa shape index (κ2) is 12.7. The first-order valence-electron chi connectivity index (χ1n) is 12.9. The lowest BCUT2D eigenvalue weighted by Gasteiger charge is -2.38. The molecule has 0 aromatic heterocycles. The van der Waals surface area contributed by atoms with Crippen molar-refractivity contribution in [1.82, 2.24) is 9.80 Å². The predicted molar refractivity (Wildman–Crippen MR) is 144 cm³/mol. The standard InChI is InChI=1S/C31H38N2O3/c1-4-29(26-9-6-5-7-10-26)31(34)33-19-17-32(18-20-33)22-30(27-11-8-12-28(21-27)35-3)36-23-25-15-13-24(2)14-16-25/h5-16,21,29-30H,4,17-20,22-23H2,1-3H3/t29-,30+/m0/s1. The first kappa shape index (κ1) is 25.9. The zero-order valence-electron chi connectivity index (χ0n) is 21.7. The van der Waals surface area contributed by atoms with E-state index >= 15 is 0 Å². The summed E-state index contributed by atoms with van der Waals surface area (Å²) in [6, 6.07) is 26.8. The van der Waals surface area contributed by atoms with Crippen molar-refractivity contribution in [3.8, 4) is 5.75 Å². The van der Waals surface area contributed by atoms with E-state index in [2.05, 4.69) is 67.3 Å². The molecule has 1 saturated heterocycles. The molecule has 1 aliphatic rings. The van der Waals surface area contributed by atoms with E-state index in [0.717, 1.165) is 61.6 Å². The molecule has 190 valence electrons. The van der Waals surface area contributed by atoms with E-state index in [0.29, 0.717) is 6.61 Å². The molecule has 0 saturated carbocycles. The molecule has 1 aliphatic heterocycles. The van der Waals surface area contributed by atoms with Crippen LogP contribution in [0, 0.1) is 6.92 Å². The van der Waals surface area contributed by atoms with E-state index in [-0.39, 0.29) is 17.9 Å². The molecule has 5 heteroatoms. The Morgan fingerprint density at radius 3 is 2.25 bits per heavy atom. The summed E-state index contributed by atoms with van der Waals surface area (Å²) >= 11 is 0. The predicted octanol–water partition coefficient (Wildman–Crippen LogP) is 5.60. The summed E-state index contributed by atoms with van der Waals surface area (Å²) in [7, 11) is 1.69. The topological polar surface area (TPSA) is 42.0 Å². The fourth-order valence-corrected chi connectivity index (χ4v) is 4.82. The van der Waals surface area contributed by atoms with Crippen LogP contribution in [-0.4, -0.2) is 55.5 Å². The highest BCUT2D eigenvalue weighted by molar-refractivity contribution is 5.83. The van der Waals surface area contributed by atoms with Gasteiger partial charge in [0.1, 0.15) is 5.75 Å². The molecule has 5 nitrogen and oxygen atoms in total. The minimum atomic E-state index is -0.0867. The van der Waals surface area contributed by atoms with Crippen LogP contribution in [0.25, 0.3) is 0 Å². The number of methoxy groups -OCH3 is 1. The maximum atomic E-state index is 13.3. The number of carbonyl (C=O) groups excluding carboxylic acids is 1. The summed E-state index contributed by atoms with van der Waals surface area (Å²) in [5.74, 6) is 1.00. The van der Waals surface area contributed by atoms with E-state index in [9.17, 15) is 4.79 Å². The van der Waals surface area contributed by atoms with Crippen LogP contribution in [0.3, 0.4) is 0 Å². The van der Waals surface area contributed by atoms with E-state index in [4.69, 9.17) is 9.47 Å². The highest BCUT2D eigenvalue weighted by Crippen LogP contribution is 2.26. The molecule has 1 fully saturated rings. The minimum Gasteiger partial charge on any atom is -0.497 e. The van der Waals surface area contributed by atoms with E-state index in [1.54, 1.807) is 7.11 Å². The Balaban J connectivity index is 1.39. The number of piperazine rings is 1. The van der Waals surface area contributed by atoms with Gasteiger partial charge in [0, 0.05) is 32.7 Å². The summed E-state index contributed by atoms with van der Waals surface area (Å²) in [6.07, 6.45) is 0.727. The van der Waals surface area contributed by atoms with Crippen LogP contribution in [0.5, 0.6) is 5.75 Å². The molecule has 2 atom stereocenters. The van der Waals surface area contributed by atoms with Crippen molar-refractivity contribution in [2.75, 3.05) is 39.8 Å². The molecule has 0 N–H and O–H groups in total. The molecule has 1 heterocycles. The Morgan fingerprint density at radius 2 is 1.58 bits per heavy atom. The van der Waals surface area contributed by atoms with Gasteiger partial charge in [0.25, 0.3) is 0 Å². The van der Waals surface area contributed by atoms with Gasteiger partial charge in [-0.2, -0.15) is 0 Å². The number of amides is 1. The highest BCUT2D eigenvalue weighted by Gasteiger charge is 2.28. The Kier molecular flexibility index (Phi) is 9.15. The van der Waals surface area contributed by atoms with Crippen LogP contribution in [-0.2, 0) is 16.1 Å². The first-order valence-corrected chi connectivity index (χ1v) is 12.9. The second-order valence-corrected chi connectivity index (χ2v) is 9.56. The van der Waals surface area contributed by atoms with Crippen molar-refractivity contribution in [3.05, 3.63) is 101 Å². The molecule has 36 heavy (non-hydrogen) atoms. The van der Waals surface area contributed by atoms with Gasteiger partial charge < -0.3 is 14.4 Å². The average Bonchev–Trinajstić information content (AvgIpc) is 2.93. The quantitative estimate of drug-likeness (QED) is 0.374. The van der Waals surface area contributed by atoms with Gasteiger partial charge in [-0.25, -0.2) is 0 Å². The van der Waals surface area contributed by atoms with Crippen molar-refractivity contribution in [2.45, 2.75) is 38.9 Å². The highest BCUT2D eigenvalue weighted by atomic mass is 16.5. The monoisotopic (exact) mass is 486 g/mol. The van der Waals surface area contributed by atoms with Crippen molar-refractivity contribution in [1.29, 1.82) is 0 Å². The van der Waals surface area contributed by atoms with Crippen LogP contribution in [0.4, 0.5) is 0 Å². The van der Waals surface area contributed by atoms with Crippen LogP contribution in [0.1, 0.15) is 47.6 Å². The van der Waals surface area contributed by atoms with Crippen LogP contribution >= 0.6 is 0 Å². The molecule has 0 radical (unpaired) electrons. The SMILES string of the molecule is CC[C@H](C(=O)N1CCN(C[C@@H](OCc2ccc(C)cc2)c2cccc(OC)c2)CC1)c1ccccc1. The molecule has 0 bridgehead atoms. The third kappa shape index (κ3) is 6.74. The number of hydrogen-bond donors (Lipinski definition) is 0. The van der Waals surface area contributed by atoms with Gasteiger partial charge in [0.2, 0.25) is 5.91 Å². The molecule has 1 amide bonds. The normalized spacial score (nSPS) is 15.9.